The zero-order valence-electron chi connectivity index (χ0n) is 15.6. The van der Waals surface area contributed by atoms with Gasteiger partial charge in [0.25, 0.3) is 15.9 Å². The SMILES string of the molecule is Cc1ccc(C(=O)NCC2CCCCC2)cc1S(=O)(=O)Nc1ccccc1. The Hall–Kier alpha value is -2.34. The summed E-state index contributed by atoms with van der Waals surface area (Å²) in [5, 5.41) is 2.96. The van der Waals surface area contributed by atoms with Gasteiger partial charge in [0.05, 0.1) is 4.90 Å². The van der Waals surface area contributed by atoms with E-state index in [0.29, 0.717) is 29.3 Å². The number of hydrogen-bond acceptors (Lipinski definition) is 3. The minimum absolute atomic E-state index is 0.122. The fraction of sp³-hybridized carbons (Fsp3) is 0.381. The quantitative estimate of drug-likeness (QED) is 0.785. The molecule has 0 atom stereocenters. The first-order valence-corrected chi connectivity index (χ1v) is 10.9. The van der Waals surface area contributed by atoms with Gasteiger partial charge in [0, 0.05) is 17.8 Å². The lowest BCUT2D eigenvalue weighted by Gasteiger charge is -2.21. The summed E-state index contributed by atoms with van der Waals surface area (Å²) in [6.07, 6.45) is 6.01. The van der Waals surface area contributed by atoms with E-state index in [4.69, 9.17) is 0 Å². The average molecular weight is 387 g/mol. The molecule has 2 aromatic rings. The number of carbonyl (C=O) groups excluding carboxylic acids is 1. The van der Waals surface area contributed by atoms with Crippen LogP contribution in [-0.2, 0) is 10.0 Å². The molecule has 27 heavy (non-hydrogen) atoms. The van der Waals surface area contributed by atoms with Crippen molar-refractivity contribution in [3.8, 4) is 0 Å². The highest BCUT2D eigenvalue weighted by molar-refractivity contribution is 7.92. The van der Waals surface area contributed by atoms with Crippen LogP contribution in [0.5, 0.6) is 0 Å². The molecular weight excluding hydrogens is 360 g/mol. The summed E-state index contributed by atoms with van der Waals surface area (Å²) in [4.78, 5) is 12.6. The summed E-state index contributed by atoms with van der Waals surface area (Å²) < 4.78 is 28.1. The van der Waals surface area contributed by atoms with Crippen molar-refractivity contribution in [3.63, 3.8) is 0 Å². The summed E-state index contributed by atoms with van der Waals surface area (Å²) in [6.45, 7) is 2.38. The van der Waals surface area contributed by atoms with Crippen LogP contribution in [0.4, 0.5) is 5.69 Å². The monoisotopic (exact) mass is 386 g/mol. The number of para-hydroxylation sites is 1. The van der Waals surface area contributed by atoms with Crippen molar-refractivity contribution >= 4 is 21.6 Å². The van der Waals surface area contributed by atoms with Crippen molar-refractivity contribution in [1.82, 2.24) is 5.32 Å². The Labute approximate surface area is 161 Å². The Kier molecular flexibility index (Phi) is 6.16. The number of hydrogen-bond donors (Lipinski definition) is 2. The maximum atomic E-state index is 12.8. The van der Waals surface area contributed by atoms with Crippen LogP contribution < -0.4 is 10.0 Å². The van der Waals surface area contributed by atoms with E-state index in [1.807, 2.05) is 6.07 Å². The predicted octanol–water partition coefficient (Wildman–Crippen LogP) is 4.11. The van der Waals surface area contributed by atoms with Crippen molar-refractivity contribution in [2.45, 2.75) is 43.9 Å². The van der Waals surface area contributed by atoms with Crippen LogP contribution in [-0.4, -0.2) is 20.9 Å². The third kappa shape index (κ3) is 5.10. The van der Waals surface area contributed by atoms with Crippen LogP contribution >= 0.6 is 0 Å². The van der Waals surface area contributed by atoms with Gasteiger partial charge >= 0.3 is 0 Å². The zero-order chi connectivity index (χ0) is 19.3. The highest BCUT2D eigenvalue weighted by atomic mass is 32.2. The second-order valence-electron chi connectivity index (χ2n) is 7.17. The molecule has 0 unspecified atom stereocenters. The van der Waals surface area contributed by atoms with Gasteiger partial charge in [0.2, 0.25) is 0 Å². The molecule has 2 aromatic carbocycles. The van der Waals surface area contributed by atoms with E-state index in [0.717, 1.165) is 12.8 Å². The Bertz CT molecular complexity index is 889. The molecule has 5 nitrogen and oxygen atoms in total. The molecule has 0 aliphatic heterocycles. The Morgan fingerprint density at radius 1 is 1.04 bits per heavy atom. The van der Waals surface area contributed by atoms with Crippen LogP contribution in [0.3, 0.4) is 0 Å². The lowest BCUT2D eigenvalue weighted by molar-refractivity contribution is 0.0943. The van der Waals surface area contributed by atoms with Gasteiger partial charge in [-0.15, -0.1) is 0 Å². The highest BCUT2D eigenvalue weighted by Crippen LogP contribution is 2.23. The molecule has 1 fully saturated rings. The van der Waals surface area contributed by atoms with E-state index >= 15 is 0 Å². The first-order chi connectivity index (χ1) is 13.0. The first-order valence-electron chi connectivity index (χ1n) is 9.42. The molecule has 0 radical (unpaired) electrons. The van der Waals surface area contributed by atoms with E-state index in [9.17, 15) is 13.2 Å². The highest BCUT2D eigenvalue weighted by Gasteiger charge is 2.20. The second-order valence-corrected chi connectivity index (χ2v) is 8.82. The number of sulfonamides is 1. The number of benzene rings is 2. The predicted molar refractivity (Wildman–Crippen MR) is 107 cm³/mol. The molecule has 1 saturated carbocycles. The average Bonchev–Trinajstić information content (AvgIpc) is 2.67. The van der Waals surface area contributed by atoms with E-state index in [-0.39, 0.29) is 10.8 Å². The van der Waals surface area contributed by atoms with Gasteiger partial charge in [-0.3, -0.25) is 9.52 Å². The van der Waals surface area contributed by atoms with E-state index < -0.39 is 10.0 Å². The van der Waals surface area contributed by atoms with Gasteiger partial charge in [0.1, 0.15) is 0 Å². The van der Waals surface area contributed by atoms with Gasteiger partial charge in [-0.05, 0) is 55.5 Å². The number of anilines is 1. The molecule has 1 aliphatic carbocycles. The lowest BCUT2D eigenvalue weighted by Crippen LogP contribution is -2.30. The van der Waals surface area contributed by atoms with Gasteiger partial charge in [-0.1, -0.05) is 43.5 Å². The molecule has 6 heteroatoms. The lowest BCUT2D eigenvalue weighted by atomic mass is 9.89. The molecule has 1 amide bonds. The molecule has 2 N–H and O–H groups in total. The number of aryl methyl sites for hydroxylation is 1. The third-order valence-corrected chi connectivity index (χ3v) is 6.57. The molecule has 0 saturated heterocycles. The molecule has 0 aromatic heterocycles. The summed E-state index contributed by atoms with van der Waals surface area (Å²) in [5.74, 6) is 0.299. The molecule has 3 rings (SSSR count). The van der Waals surface area contributed by atoms with Gasteiger partial charge in [-0.2, -0.15) is 0 Å². The normalized spacial score (nSPS) is 15.3. The molecule has 0 bridgehead atoms. The maximum absolute atomic E-state index is 12.8. The van der Waals surface area contributed by atoms with Crippen molar-refractivity contribution in [1.29, 1.82) is 0 Å². The summed E-state index contributed by atoms with van der Waals surface area (Å²) in [5.41, 5.74) is 1.45. The van der Waals surface area contributed by atoms with Crippen LogP contribution in [0.25, 0.3) is 0 Å². The smallest absolute Gasteiger partial charge is 0.262 e. The fourth-order valence-electron chi connectivity index (χ4n) is 3.48. The van der Waals surface area contributed by atoms with E-state index in [2.05, 4.69) is 10.0 Å². The van der Waals surface area contributed by atoms with Crippen LogP contribution in [0, 0.1) is 12.8 Å². The fourth-order valence-corrected chi connectivity index (χ4v) is 4.81. The number of nitrogens with one attached hydrogen (secondary N) is 2. The Morgan fingerprint density at radius 3 is 2.44 bits per heavy atom. The van der Waals surface area contributed by atoms with Gasteiger partial charge in [-0.25, -0.2) is 8.42 Å². The number of carbonyl (C=O) groups is 1. The second kappa shape index (κ2) is 8.57. The molecule has 0 spiro atoms. The first kappa shape index (κ1) is 19.4. The van der Waals surface area contributed by atoms with Gasteiger partial charge in [0.15, 0.2) is 0 Å². The molecule has 0 heterocycles. The Morgan fingerprint density at radius 2 is 1.74 bits per heavy atom. The van der Waals surface area contributed by atoms with Crippen molar-refractivity contribution < 1.29 is 13.2 Å². The minimum atomic E-state index is -3.77. The topological polar surface area (TPSA) is 75.3 Å². The minimum Gasteiger partial charge on any atom is -0.352 e. The number of amides is 1. The third-order valence-electron chi connectivity index (χ3n) is 5.04. The van der Waals surface area contributed by atoms with Gasteiger partial charge < -0.3 is 5.32 Å². The largest absolute Gasteiger partial charge is 0.352 e. The van der Waals surface area contributed by atoms with Crippen molar-refractivity contribution in [3.05, 3.63) is 59.7 Å². The molecular formula is C21H26N2O3S. The van der Waals surface area contributed by atoms with Crippen molar-refractivity contribution in [2.75, 3.05) is 11.3 Å². The van der Waals surface area contributed by atoms with E-state index in [1.165, 1.54) is 25.3 Å². The maximum Gasteiger partial charge on any atom is 0.262 e. The van der Waals surface area contributed by atoms with Crippen LogP contribution in [0.2, 0.25) is 0 Å². The standard InChI is InChI=1S/C21H26N2O3S/c1-16-12-13-18(21(24)22-15-17-8-4-2-5-9-17)14-20(16)27(25,26)23-19-10-6-3-7-11-19/h3,6-7,10-14,17,23H,2,4-5,8-9,15H2,1H3,(H,22,24). The number of rotatable bonds is 6. The van der Waals surface area contributed by atoms with E-state index in [1.54, 1.807) is 43.3 Å². The molecule has 1 aliphatic rings. The summed E-state index contributed by atoms with van der Waals surface area (Å²) in [7, 11) is -3.77. The summed E-state index contributed by atoms with van der Waals surface area (Å²) in [6, 6.07) is 13.5. The zero-order valence-corrected chi connectivity index (χ0v) is 16.4. The molecule has 144 valence electrons. The Balaban J connectivity index is 1.74. The van der Waals surface area contributed by atoms with Crippen LogP contribution in [0.1, 0.15) is 48.0 Å². The van der Waals surface area contributed by atoms with Crippen molar-refractivity contribution in [2.24, 2.45) is 5.92 Å². The summed E-state index contributed by atoms with van der Waals surface area (Å²) >= 11 is 0. The van der Waals surface area contributed by atoms with Crippen LogP contribution in [0.15, 0.2) is 53.4 Å².